The molecule has 2 N–H and O–H groups in total. The monoisotopic (exact) mass is 312 g/mol. The summed E-state index contributed by atoms with van der Waals surface area (Å²) in [6.07, 6.45) is 3.83. The lowest BCUT2D eigenvalue weighted by Gasteiger charge is -2.20. The van der Waals surface area contributed by atoms with Crippen LogP contribution in [0.3, 0.4) is 0 Å². The first kappa shape index (κ1) is 15.1. The molecule has 2 heterocycles. The lowest BCUT2D eigenvalue weighted by molar-refractivity contribution is 0.347. The number of methoxy groups -OCH3 is 3. The zero-order valence-corrected chi connectivity index (χ0v) is 13.4. The molecule has 0 unspecified atom stereocenters. The van der Waals surface area contributed by atoms with Gasteiger partial charge in [0.1, 0.15) is 5.75 Å². The third-order valence-corrected chi connectivity index (χ3v) is 3.91. The SMILES string of the molecule is COc1cc(OC)c(C(c2ccc[nH]2)c2ccc[nH]2)cc1OC. The van der Waals surface area contributed by atoms with E-state index in [1.807, 2.05) is 36.7 Å². The number of H-pyrrole nitrogens is 2. The number of rotatable bonds is 6. The molecule has 5 nitrogen and oxygen atoms in total. The van der Waals surface area contributed by atoms with E-state index in [9.17, 15) is 0 Å². The molecule has 23 heavy (non-hydrogen) atoms. The number of hydrogen-bond acceptors (Lipinski definition) is 3. The van der Waals surface area contributed by atoms with Gasteiger partial charge in [-0.15, -0.1) is 0 Å². The second-order valence-electron chi connectivity index (χ2n) is 5.13. The predicted octanol–water partition coefficient (Wildman–Crippen LogP) is 3.55. The molecule has 0 bridgehead atoms. The van der Waals surface area contributed by atoms with Crippen molar-refractivity contribution in [3.05, 3.63) is 65.7 Å². The van der Waals surface area contributed by atoms with Gasteiger partial charge in [0.15, 0.2) is 11.5 Å². The largest absolute Gasteiger partial charge is 0.496 e. The summed E-state index contributed by atoms with van der Waals surface area (Å²) in [6, 6.07) is 11.9. The first-order valence-corrected chi connectivity index (χ1v) is 7.35. The fourth-order valence-electron chi connectivity index (χ4n) is 2.83. The van der Waals surface area contributed by atoms with Crippen LogP contribution in [-0.2, 0) is 0 Å². The Morgan fingerprint density at radius 2 is 1.26 bits per heavy atom. The maximum absolute atomic E-state index is 5.60. The van der Waals surface area contributed by atoms with E-state index in [2.05, 4.69) is 22.1 Å². The highest BCUT2D eigenvalue weighted by atomic mass is 16.5. The molecule has 0 amide bonds. The zero-order valence-electron chi connectivity index (χ0n) is 13.4. The first-order valence-electron chi connectivity index (χ1n) is 7.35. The molecular formula is C18H20N2O3. The molecule has 0 radical (unpaired) electrons. The summed E-state index contributed by atoms with van der Waals surface area (Å²) < 4.78 is 16.4. The molecule has 3 rings (SSSR count). The van der Waals surface area contributed by atoms with E-state index in [-0.39, 0.29) is 5.92 Å². The van der Waals surface area contributed by atoms with Crippen LogP contribution in [0.15, 0.2) is 48.8 Å². The van der Waals surface area contributed by atoms with Crippen LogP contribution in [0.5, 0.6) is 17.2 Å². The standard InChI is InChI=1S/C18H20N2O3/c1-21-15-11-17(23-3)16(22-2)10-12(15)18(13-6-4-8-19-13)14-7-5-9-20-14/h4-11,18-20H,1-3H3. The summed E-state index contributed by atoms with van der Waals surface area (Å²) in [5, 5.41) is 0. The second-order valence-corrected chi connectivity index (χ2v) is 5.13. The van der Waals surface area contributed by atoms with Crippen molar-refractivity contribution in [3.8, 4) is 17.2 Å². The molecule has 0 saturated heterocycles. The van der Waals surface area contributed by atoms with Crippen LogP contribution in [0.4, 0.5) is 0 Å². The van der Waals surface area contributed by atoms with Crippen molar-refractivity contribution in [2.75, 3.05) is 21.3 Å². The Bertz CT molecular complexity index is 715. The van der Waals surface area contributed by atoms with E-state index in [1.54, 1.807) is 21.3 Å². The summed E-state index contributed by atoms with van der Waals surface area (Å²) in [4.78, 5) is 6.59. The molecule has 0 aliphatic carbocycles. The van der Waals surface area contributed by atoms with Gasteiger partial charge in [0.05, 0.1) is 27.2 Å². The van der Waals surface area contributed by atoms with Crippen LogP contribution in [0.1, 0.15) is 22.9 Å². The van der Waals surface area contributed by atoms with Crippen LogP contribution in [0.2, 0.25) is 0 Å². The molecule has 0 aliphatic heterocycles. The Morgan fingerprint density at radius 3 is 1.70 bits per heavy atom. The smallest absolute Gasteiger partial charge is 0.164 e. The van der Waals surface area contributed by atoms with Crippen molar-refractivity contribution in [1.29, 1.82) is 0 Å². The molecule has 0 aliphatic rings. The van der Waals surface area contributed by atoms with Crippen molar-refractivity contribution in [2.24, 2.45) is 0 Å². The molecular weight excluding hydrogens is 292 g/mol. The number of aromatic nitrogens is 2. The van der Waals surface area contributed by atoms with E-state index >= 15 is 0 Å². The molecule has 0 spiro atoms. The Morgan fingerprint density at radius 1 is 0.739 bits per heavy atom. The predicted molar refractivity (Wildman–Crippen MR) is 88.6 cm³/mol. The number of ether oxygens (including phenoxy) is 3. The third-order valence-electron chi connectivity index (χ3n) is 3.91. The maximum atomic E-state index is 5.60. The summed E-state index contributed by atoms with van der Waals surface area (Å²) in [6.45, 7) is 0. The van der Waals surface area contributed by atoms with Crippen LogP contribution < -0.4 is 14.2 Å². The van der Waals surface area contributed by atoms with Crippen molar-refractivity contribution in [1.82, 2.24) is 9.97 Å². The van der Waals surface area contributed by atoms with Crippen molar-refractivity contribution in [3.63, 3.8) is 0 Å². The summed E-state index contributed by atoms with van der Waals surface area (Å²) in [5.74, 6) is 2.04. The zero-order chi connectivity index (χ0) is 16.2. The fourth-order valence-corrected chi connectivity index (χ4v) is 2.83. The normalized spacial score (nSPS) is 10.8. The van der Waals surface area contributed by atoms with Crippen molar-refractivity contribution in [2.45, 2.75) is 5.92 Å². The number of nitrogens with one attached hydrogen (secondary N) is 2. The Labute approximate surface area is 135 Å². The fraction of sp³-hybridized carbons (Fsp3) is 0.222. The highest BCUT2D eigenvalue weighted by Crippen LogP contribution is 2.42. The lowest BCUT2D eigenvalue weighted by atomic mass is 9.91. The van der Waals surface area contributed by atoms with Gasteiger partial charge in [-0.05, 0) is 30.3 Å². The van der Waals surface area contributed by atoms with Gasteiger partial charge in [-0.2, -0.15) is 0 Å². The molecule has 0 atom stereocenters. The van der Waals surface area contributed by atoms with Gasteiger partial charge < -0.3 is 24.2 Å². The average Bonchev–Trinajstić information content (AvgIpc) is 3.29. The minimum absolute atomic E-state index is 0.0187. The van der Waals surface area contributed by atoms with E-state index in [1.165, 1.54) is 0 Å². The third kappa shape index (κ3) is 2.77. The first-order chi connectivity index (χ1) is 11.3. The van der Waals surface area contributed by atoms with Gasteiger partial charge in [0.2, 0.25) is 0 Å². The molecule has 1 aromatic carbocycles. The summed E-state index contributed by atoms with van der Waals surface area (Å²) >= 11 is 0. The van der Waals surface area contributed by atoms with Gasteiger partial charge in [-0.25, -0.2) is 0 Å². The van der Waals surface area contributed by atoms with Gasteiger partial charge in [-0.1, -0.05) is 0 Å². The quantitative estimate of drug-likeness (QED) is 0.732. The summed E-state index contributed by atoms with van der Waals surface area (Å²) in [5.41, 5.74) is 3.13. The van der Waals surface area contributed by atoms with Gasteiger partial charge >= 0.3 is 0 Å². The van der Waals surface area contributed by atoms with Crippen LogP contribution in [0.25, 0.3) is 0 Å². The van der Waals surface area contributed by atoms with E-state index < -0.39 is 0 Å². The van der Waals surface area contributed by atoms with E-state index in [0.717, 1.165) is 22.7 Å². The minimum Gasteiger partial charge on any atom is -0.496 e. The van der Waals surface area contributed by atoms with Crippen molar-refractivity contribution >= 4 is 0 Å². The maximum Gasteiger partial charge on any atom is 0.164 e. The van der Waals surface area contributed by atoms with Crippen LogP contribution >= 0.6 is 0 Å². The molecule has 120 valence electrons. The van der Waals surface area contributed by atoms with Crippen molar-refractivity contribution < 1.29 is 14.2 Å². The van der Waals surface area contributed by atoms with E-state index in [4.69, 9.17) is 14.2 Å². The highest BCUT2D eigenvalue weighted by Gasteiger charge is 2.24. The second kappa shape index (κ2) is 6.52. The van der Waals surface area contributed by atoms with Crippen LogP contribution in [0, 0.1) is 0 Å². The Hall–Kier alpha value is -2.82. The number of hydrogen-bond donors (Lipinski definition) is 2. The molecule has 2 aromatic heterocycles. The molecule has 3 aromatic rings. The molecule has 0 fully saturated rings. The molecule has 0 saturated carbocycles. The van der Waals surface area contributed by atoms with E-state index in [0.29, 0.717) is 11.5 Å². The molecule has 5 heteroatoms. The Kier molecular flexibility index (Phi) is 4.28. The number of aromatic amines is 2. The average molecular weight is 312 g/mol. The summed E-state index contributed by atoms with van der Waals surface area (Å²) in [7, 11) is 4.90. The topological polar surface area (TPSA) is 59.3 Å². The number of benzene rings is 1. The Balaban J connectivity index is 2.20. The van der Waals surface area contributed by atoms with Gasteiger partial charge in [0.25, 0.3) is 0 Å². The lowest BCUT2D eigenvalue weighted by Crippen LogP contribution is -2.07. The van der Waals surface area contributed by atoms with Gasteiger partial charge in [0, 0.05) is 35.4 Å². The van der Waals surface area contributed by atoms with Crippen LogP contribution in [-0.4, -0.2) is 31.3 Å². The van der Waals surface area contributed by atoms with Gasteiger partial charge in [-0.3, -0.25) is 0 Å². The highest BCUT2D eigenvalue weighted by molar-refractivity contribution is 5.55. The minimum atomic E-state index is -0.0187.